The minimum atomic E-state index is -0.870. The molecular weight excluding hydrogens is 352 g/mol. The zero-order chi connectivity index (χ0) is 20.1. The number of rotatable bonds is 10. The highest BCUT2D eigenvalue weighted by Crippen LogP contribution is 2.10. The van der Waals surface area contributed by atoms with Gasteiger partial charge in [0.1, 0.15) is 12.3 Å². The summed E-state index contributed by atoms with van der Waals surface area (Å²) in [6, 6.07) is -0.668. The quantitative estimate of drug-likeness (QED) is 0.206. The van der Waals surface area contributed by atoms with Gasteiger partial charge in [0.25, 0.3) is 5.09 Å². The van der Waals surface area contributed by atoms with E-state index < -0.39 is 22.9 Å². The molecule has 1 rings (SSSR count). The molecule has 0 fully saturated rings. The highest BCUT2D eigenvalue weighted by Gasteiger charge is 2.22. The van der Waals surface area contributed by atoms with E-state index in [9.17, 15) is 24.5 Å². The van der Waals surface area contributed by atoms with Crippen molar-refractivity contribution >= 4 is 12.3 Å². The van der Waals surface area contributed by atoms with Crippen molar-refractivity contribution in [2.45, 2.75) is 52.7 Å². The average molecular weight is 376 g/mol. The molecule has 2 atom stereocenters. The summed E-state index contributed by atoms with van der Waals surface area (Å²) in [4.78, 5) is 45.3. The maximum Gasteiger partial charge on any atom is 0.519 e. The predicted molar refractivity (Wildman–Crippen MR) is 87.5 cm³/mol. The van der Waals surface area contributed by atoms with E-state index in [0.717, 1.165) is 6.42 Å². The zero-order valence-corrected chi connectivity index (χ0v) is 15.0. The largest absolute Gasteiger partial charge is 0.519 e. The van der Waals surface area contributed by atoms with Gasteiger partial charge in [-0.05, 0) is 19.3 Å². The molecule has 2 unspecified atom stereocenters. The van der Waals surface area contributed by atoms with Gasteiger partial charge in [-0.3, -0.25) is 4.79 Å². The van der Waals surface area contributed by atoms with Crippen LogP contribution in [0.25, 0.3) is 0 Å². The van der Waals surface area contributed by atoms with Crippen LogP contribution in [0.1, 0.15) is 44.6 Å². The van der Waals surface area contributed by atoms with Crippen molar-refractivity contribution in [2.24, 2.45) is 11.7 Å². The average Bonchev–Trinajstić information content (AvgIpc) is 2.93. The molecule has 0 aliphatic rings. The molecule has 0 spiro atoms. The minimum absolute atomic E-state index is 0.00569. The molecule has 0 aliphatic carbocycles. The summed E-state index contributed by atoms with van der Waals surface area (Å²) in [5.41, 5.74) is 5.69. The molecule has 11 heteroatoms. The Kier molecular flexibility index (Phi) is 11.3. The summed E-state index contributed by atoms with van der Waals surface area (Å²) >= 11 is 0. The molecule has 1 aromatic rings. The van der Waals surface area contributed by atoms with E-state index in [-0.39, 0.29) is 24.9 Å². The van der Waals surface area contributed by atoms with Crippen LogP contribution in [0.2, 0.25) is 0 Å². The van der Waals surface area contributed by atoms with Crippen molar-refractivity contribution in [3.63, 3.8) is 0 Å². The number of hydrogen-bond donors (Lipinski definition) is 1. The molecule has 0 aromatic carbocycles. The van der Waals surface area contributed by atoms with Crippen LogP contribution >= 0.6 is 0 Å². The summed E-state index contributed by atoms with van der Waals surface area (Å²) in [5, 5.41) is 8.59. The van der Waals surface area contributed by atoms with Crippen molar-refractivity contribution in [1.82, 2.24) is 0 Å². The number of aryl methyl sites for hydroxylation is 1. The lowest BCUT2D eigenvalue weighted by Gasteiger charge is -2.16. The van der Waals surface area contributed by atoms with Gasteiger partial charge in [0.2, 0.25) is 0 Å². The second-order valence-electron chi connectivity index (χ2n) is 5.32. The number of unbranched alkanes of at least 4 members (excludes halogenated alkanes) is 1. The van der Waals surface area contributed by atoms with Gasteiger partial charge in [0.05, 0.1) is 6.61 Å². The third-order valence-corrected chi connectivity index (χ3v) is 3.37. The Labute approximate surface area is 149 Å². The van der Waals surface area contributed by atoms with Crippen LogP contribution in [0.15, 0.2) is 13.6 Å². The minimum Gasteiger partial charge on any atom is -0.456 e. The van der Waals surface area contributed by atoms with E-state index in [0.29, 0.717) is 24.9 Å². The van der Waals surface area contributed by atoms with Crippen LogP contribution in [-0.4, -0.2) is 30.0 Å². The molecule has 1 aromatic heterocycles. The van der Waals surface area contributed by atoms with Crippen molar-refractivity contribution in [2.75, 3.05) is 6.61 Å². The maximum absolute atomic E-state index is 11.5. The highest BCUT2D eigenvalue weighted by molar-refractivity contribution is 5.75. The molecular formula is C15H24N2O9. The second kappa shape index (κ2) is 12.6. The molecule has 2 N–H and O–H groups in total. The molecule has 0 aliphatic heterocycles. The molecule has 0 saturated carbocycles. The fourth-order valence-corrected chi connectivity index (χ4v) is 1.53. The van der Waals surface area contributed by atoms with Crippen molar-refractivity contribution in [3.8, 4) is 0 Å². The Hall–Kier alpha value is -2.69. The van der Waals surface area contributed by atoms with Gasteiger partial charge in [-0.1, -0.05) is 20.3 Å². The SMILES string of the molecule is CCC(C)C(N)C(=O)OCc1oc(=O)oc1C.O=CCCCO[N+](=O)[O-]. The van der Waals surface area contributed by atoms with E-state index in [1.807, 2.05) is 13.8 Å². The molecule has 0 bridgehead atoms. The first-order valence-corrected chi connectivity index (χ1v) is 7.95. The smallest absolute Gasteiger partial charge is 0.456 e. The van der Waals surface area contributed by atoms with Gasteiger partial charge < -0.3 is 28.9 Å². The topological polar surface area (TPSA) is 165 Å². The van der Waals surface area contributed by atoms with Crippen LogP contribution in [0.3, 0.4) is 0 Å². The standard InChI is InChI=1S/C11H17NO5.C4H7NO4/c1-4-6(2)9(12)10(13)15-5-8-7(3)16-11(14)17-8;6-3-1-2-4-9-5(7)8/h6,9H,4-5,12H2,1-3H3;3H,1-2,4H2. The molecule has 148 valence electrons. The molecule has 0 amide bonds. The van der Waals surface area contributed by atoms with E-state index in [4.69, 9.17) is 14.9 Å². The summed E-state index contributed by atoms with van der Waals surface area (Å²) < 4.78 is 14.3. The summed E-state index contributed by atoms with van der Waals surface area (Å²) in [5.74, 6) is -0.762. The summed E-state index contributed by atoms with van der Waals surface area (Å²) in [6.07, 6.45) is 2.21. The van der Waals surface area contributed by atoms with Crippen LogP contribution in [0.4, 0.5) is 0 Å². The first-order chi connectivity index (χ1) is 12.2. The Morgan fingerprint density at radius 2 is 2.08 bits per heavy atom. The normalized spacial score (nSPS) is 12.3. The monoisotopic (exact) mass is 376 g/mol. The summed E-state index contributed by atoms with van der Waals surface area (Å²) in [7, 11) is 0. The van der Waals surface area contributed by atoms with Crippen LogP contribution < -0.4 is 11.6 Å². The fraction of sp³-hybridized carbons (Fsp3) is 0.667. The van der Waals surface area contributed by atoms with Gasteiger partial charge in [-0.15, -0.1) is 10.1 Å². The van der Waals surface area contributed by atoms with E-state index in [1.165, 1.54) is 0 Å². The first kappa shape index (κ1) is 23.3. The Bertz CT molecular complexity index is 623. The van der Waals surface area contributed by atoms with Crippen molar-refractivity contribution < 1.29 is 33.1 Å². The number of carbonyl (C=O) groups is 2. The van der Waals surface area contributed by atoms with Gasteiger partial charge >= 0.3 is 11.8 Å². The van der Waals surface area contributed by atoms with Gasteiger partial charge in [-0.2, -0.15) is 0 Å². The Morgan fingerprint density at radius 3 is 2.54 bits per heavy atom. The lowest BCUT2D eigenvalue weighted by Crippen LogP contribution is -2.37. The van der Waals surface area contributed by atoms with Gasteiger partial charge in [0, 0.05) is 6.42 Å². The summed E-state index contributed by atoms with van der Waals surface area (Å²) in [6.45, 7) is 5.24. The highest BCUT2D eigenvalue weighted by atomic mass is 16.9. The molecule has 0 radical (unpaired) electrons. The number of carbonyl (C=O) groups excluding carboxylic acids is 2. The number of aldehydes is 1. The van der Waals surface area contributed by atoms with Gasteiger partial charge in [-0.25, -0.2) is 4.79 Å². The maximum atomic E-state index is 11.5. The molecule has 26 heavy (non-hydrogen) atoms. The third kappa shape index (κ3) is 9.57. The predicted octanol–water partition coefficient (Wildman–Crippen LogP) is 1.13. The molecule has 0 saturated heterocycles. The van der Waals surface area contributed by atoms with Crippen LogP contribution in [0.5, 0.6) is 0 Å². The number of nitrogens with zero attached hydrogens (tertiary/aromatic N) is 1. The van der Waals surface area contributed by atoms with E-state index >= 15 is 0 Å². The van der Waals surface area contributed by atoms with Crippen molar-refractivity contribution in [3.05, 3.63) is 32.3 Å². The second-order valence-corrected chi connectivity index (χ2v) is 5.32. The van der Waals surface area contributed by atoms with E-state index in [2.05, 4.69) is 9.25 Å². The number of esters is 1. The zero-order valence-electron chi connectivity index (χ0n) is 15.0. The lowest BCUT2D eigenvalue weighted by atomic mass is 10.0. The molecule has 1 heterocycles. The Balaban J connectivity index is 0.000000590. The number of ether oxygens (including phenoxy) is 1. The third-order valence-electron chi connectivity index (χ3n) is 3.37. The van der Waals surface area contributed by atoms with Gasteiger partial charge in [0.15, 0.2) is 18.1 Å². The van der Waals surface area contributed by atoms with Crippen LogP contribution in [0, 0.1) is 23.0 Å². The Morgan fingerprint density at radius 1 is 1.42 bits per heavy atom. The van der Waals surface area contributed by atoms with E-state index in [1.54, 1.807) is 6.92 Å². The number of hydrogen-bond acceptors (Lipinski definition) is 10. The number of nitrogens with two attached hydrogens (primary N) is 1. The molecule has 11 nitrogen and oxygen atoms in total. The van der Waals surface area contributed by atoms with Crippen molar-refractivity contribution in [1.29, 1.82) is 0 Å². The lowest BCUT2D eigenvalue weighted by molar-refractivity contribution is -0.757. The van der Waals surface area contributed by atoms with Crippen LogP contribution in [-0.2, 0) is 25.8 Å². The first-order valence-electron chi connectivity index (χ1n) is 7.95. The fourth-order valence-electron chi connectivity index (χ4n) is 1.53.